The summed E-state index contributed by atoms with van der Waals surface area (Å²) >= 11 is 0. The molecule has 1 aliphatic rings. The lowest BCUT2D eigenvalue weighted by atomic mass is 9.80. The van der Waals surface area contributed by atoms with Crippen molar-refractivity contribution in [1.82, 2.24) is 5.32 Å². The third kappa shape index (κ3) is 3.92. The summed E-state index contributed by atoms with van der Waals surface area (Å²) in [6.07, 6.45) is 2.39. The zero-order valence-electron chi connectivity index (χ0n) is 8.83. The highest BCUT2D eigenvalue weighted by atomic mass is 16.5. The van der Waals surface area contributed by atoms with Gasteiger partial charge in [-0.3, -0.25) is 0 Å². The normalized spacial score (nSPS) is 21.6. The molecule has 0 amide bonds. The summed E-state index contributed by atoms with van der Waals surface area (Å²) < 4.78 is 5.07. The number of hydrogen-bond acceptors (Lipinski definition) is 4. The molecular weight excluding hydrogens is 182 g/mol. The second-order valence-corrected chi connectivity index (χ2v) is 4.02. The predicted octanol–water partition coefficient (Wildman–Crippen LogP) is -0.112. The van der Waals surface area contributed by atoms with Gasteiger partial charge in [-0.15, -0.1) is 0 Å². The number of aliphatic hydroxyl groups is 2. The molecule has 0 aromatic carbocycles. The molecule has 0 aromatic rings. The van der Waals surface area contributed by atoms with Gasteiger partial charge < -0.3 is 20.3 Å². The Labute approximate surface area is 85.3 Å². The Kier molecular flexibility index (Phi) is 4.81. The first kappa shape index (κ1) is 11.9. The SMILES string of the molecule is CCOCC(O)CNCC1(O)CCC1. The third-order valence-electron chi connectivity index (χ3n) is 2.63. The summed E-state index contributed by atoms with van der Waals surface area (Å²) in [6, 6.07) is 0. The largest absolute Gasteiger partial charge is 0.389 e. The van der Waals surface area contributed by atoms with Gasteiger partial charge in [-0.2, -0.15) is 0 Å². The Morgan fingerprint density at radius 2 is 2.21 bits per heavy atom. The number of hydrogen-bond donors (Lipinski definition) is 3. The first-order valence-corrected chi connectivity index (χ1v) is 5.35. The van der Waals surface area contributed by atoms with Gasteiger partial charge in [0.2, 0.25) is 0 Å². The highest BCUT2D eigenvalue weighted by Crippen LogP contribution is 2.30. The van der Waals surface area contributed by atoms with Crippen molar-refractivity contribution >= 4 is 0 Å². The number of ether oxygens (including phenoxy) is 1. The summed E-state index contributed by atoms with van der Waals surface area (Å²) in [4.78, 5) is 0. The molecule has 1 aliphatic carbocycles. The van der Waals surface area contributed by atoms with E-state index in [2.05, 4.69) is 5.32 Å². The van der Waals surface area contributed by atoms with Gasteiger partial charge in [-0.1, -0.05) is 0 Å². The van der Waals surface area contributed by atoms with Crippen LogP contribution < -0.4 is 5.32 Å². The molecule has 0 bridgehead atoms. The molecule has 0 aromatic heterocycles. The van der Waals surface area contributed by atoms with Gasteiger partial charge in [-0.05, 0) is 26.2 Å². The highest BCUT2D eigenvalue weighted by molar-refractivity contribution is 4.89. The molecule has 1 atom stereocenters. The molecule has 3 N–H and O–H groups in total. The molecule has 4 nitrogen and oxygen atoms in total. The van der Waals surface area contributed by atoms with Gasteiger partial charge in [0.1, 0.15) is 0 Å². The van der Waals surface area contributed by atoms with Crippen molar-refractivity contribution < 1.29 is 14.9 Å². The maximum atomic E-state index is 9.72. The van der Waals surface area contributed by atoms with E-state index in [1.54, 1.807) is 0 Å². The zero-order valence-corrected chi connectivity index (χ0v) is 8.83. The van der Waals surface area contributed by atoms with Gasteiger partial charge >= 0.3 is 0 Å². The van der Waals surface area contributed by atoms with Gasteiger partial charge in [0.25, 0.3) is 0 Å². The Hall–Kier alpha value is -0.160. The van der Waals surface area contributed by atoms with E-state index in [9.17, 15) is 10.2 Å². The van der Waals surface area contributed by atoms with E-state index in [1.165, 1.54) is 0 Å². The molecular formula is C10H21NO3. The number of aliphatic hydroxyl groups excluding tert-OH is 1. The molecule has 0 spiro atoms. The summed E-state index contributed by atoms with van der Waals surface area (Å²) in [5.41, 5.74) is -0.509. The lowest BCUT2D eigenvalue weighted by Gasteiger charge is -2.36. The predicted molar refractivity (Wildman–Crippen MR) is 54.2 cm³/mol. The van der Waals surface area contributed by atoms with Crippen LogP contribution in [0.25, 0.3) is 0 Å². The van der Waals surface area contributed by atoms with E-state index in [0.29, 0.717) is 26.3 Å². The summed E-state index contributed by atoms with van der Waals surface area (Å²) in [5.74, 6) is 0. The van der Waals surface area contributed by atoms with Crippen molar-refractivity contribution in [2.24, 2.45) is 0 Å². The fourth-order valence-electron chi connectivity index (χ4n) is 1.55. The van der Waals surface area contributed by atoms with Crippen LogP contribution in [0.3, 0.4) is 0 Å². The van der Waals surface area contributed by atoms with Crippen molar-refractivity contribution in [3.8, 4) is 0 Å². The van der Waals surface area contributed by atoms with E-state index >= 15 is 0 Å². The van der Waals surface area contributed by atoms with Crippen LogP contribution in [0, 0.1) is 0 Å². The van der Waals surface area contributed by atoms with Crippen molar-refractivity contribution in [2.75, 3.05) is 26.3 Å². The molecule has 1 saturated carbocycles. The van der Waals surface area contributed by atoms with Crippen LogP contribution in [0.15, 0.2) is 0 Å². The fraction of sp³-hybridized carbons (Fsp3) is 1.00. The number of nitrogens with one attached hydrogen (secondary N) is 1. The second-order valence-electron chi connectivity index (χ2n) is 4.02. The number of rotatable bonds is 7. The van der Waals surface area contributed by atoms with Crippen LogP contribution in [0.1, 0.15) is 26.2 Å². The van der Waals surface area contributed by atoms with E-state index in [4.69, 9.17) is 4.74 Å². The minimum Gasteiger partial charge on any atom is -0.389 e. The lowest BCUT2D eigenvalue weighted by Crippen LogP contribution is -2.48. The Balaban J connectivity index is 1.97. The molecule has 0 heterocycles. The molecule has 0 aliphatic heterocycles. The first-order valence-electron chi connectivity index (χ1n) is 5.35. The van der Waals surface area contributed by atoms with Gasteiger partial charge in [-0.25, -0.2) is 0 Å². The Bertz CT molecular complexity index is 159. The van der Waals surface area contributed by atoms with Gasteiger partial charge in [0, 0.05) is 19.7 Å². The molecule has 84 valence electrons. The van der Waals surface area contributed by atoms with Crippen LogP contribution in [-0.2, 0) is 4.74 Å². The summed E-state index contributed by atoms with van der Waals surface area (Å²) in [5, 5.41) is 22.2. The van der Waals surface area contributed by atoms with Crippen LogP contribution in [-0.4, -0.2) is 48.2 Å². The molecule has 14 heavy (non-hydrogen) atoms. The van der Waals surface area contributed by atoms with Crippen molar-refractivity contribution in [3.63, 3.8) is 0 Å². The average Bonchev–Trinajstić information content (AvgIpc) is 2.12. The summed E-state index contributed by atoms with van der Waals surface area (Å²) in [7, 11) is 0. The molecule has 4 heteroatoms. The fourth-order valence-corrected chi connectivity index (χ4v) is 1.55. The molecule has 0 radical (unpaired) electrons. The maximum absolute atomic E-state index is 9.72. The quantitative estimate of drug-likeness (QED) is 0.540. The van der Waals surface area contributed by atoms with Crippen molar-refractivity contribution in [1.29, 1.82) is 0 Å². The van der Waals surface area contributed by atoms with Crippen molar-refractivity contribution in [3.05, 3.63) is 0 Å². The van der Waals surface area contributed by atoms with Gasteiger partial charge in [0.15, 0.2) is 0 Å². The van der Waals surface area contributed by atoms with Crippen LogP contribution >= 0.6 is 0 Å². The van der Waals surface area contributed by atoms with E-state index < -0.39 is 11.7 Å². The summed E-state index contributed by atoms with van der Waals surface area (Å²) in [6.45, 7) is 3.96. The molecule has 1 rings (SSSR count). The Morgan fingerprint density at radius 1 is 1.50 bits per heavy atom. The average molecular weight is 203 g/mol. The van der Waals surface area contributed by atoms with Gasteiger partial charge in [0.05, 0.1) is 18.3 Å². The topological polar surface area (TPSA) is 61.7 Å². The van der Waals surface area contributed by atoms with Crippen LogP contribution in [0.2, 0.25) is 0 Å². The zero-order chi connectivity index (χ0) is 10.4. The first-order chi connectivity index (χ1) is 6.66. The lowest BCUT2D eigenvalue weighted by molar-refractivity contribution is -0.0347. The van der Waals surface area contributed by atoms with E-state index in [1.807, 2.05) is 6.92 Å². The van der Waals surface area contributed by atoms with E-state index in [0.717, 1.165) is 19.3 Å². The van der Waals surface area contributed by atoms with Crippen LogP contribution in [0.4, 0.5) is 0 Å². The molecule has 1 fully saturated rings. The molecule has 0 saturated heterocycles. The Morgan fingerprint density at radius 3 is 2.71 bits per heavy atom. The van der Waals surface area contributed by atoms with E-state index in [-0.39, 0.29) is 0 Å². The minimum absolute atomic E-state index is 0.363. The minimum atomic E-state index is -0.509. The maximum Gasteiger partial charge on any atom is 0.0897 e. The van der Waals surface area contributed by atoms with Crippen LogP contribution in [0.5, 0.6) is 0 Å². The molecule has 1 unspecified atom stereocenters. The highest BCUT2D eigenvalue weighted by Gasteiger charge is 2.33. The van der Waals surface area contributed by atoms with Crippen molar-refractivity contribution in [2.45, 2.75) is 37.9 Å². The smallest absolute Gasteiger partial charge is 0.0897 e. The standard InChI is InChI=1S/C10H21NO3/c1-2-14-7-9(12)6-11-8-10(13)4-3-5-10/h9,11-13H,2-8H2,1H3. The monoisotopic (exact) mass is 203 g/mol. The second kappa shape index (κ2) is 5.66. The third-order valence-corrected chi connectivity index (χ3v) is 2.63.